The third-order valence-electron chi connectivity index (χ3n) is 4.38. The molecule has 1 atom stereocenters. The summed E-state index contributed by atoms with van der Waals surface area (Å²) in [7, 11) is 0. The van der Waals surface area contributed by atoms with E-state index in [0.29, 0.717) is 5.56 Å². The molecule has 10 heteroatoms. The molecule has 1 aliphatic rings. The number of benzene rings is 2. The Morgan fingerprint density at radius 1 is 1.21 bits per heavy atom. The number of amides is 4. The average molecular weight is 440 g/mol. The van der Waals surface area contributed by atoms with Crippen molar-refractivity contribution in [3.05, 3.63) is 59.1 Å². The number of carbonyl (C=O) groups is 3. The summed E-state index contributed by atoms with van der Waals surface area (Å²) in [6.07, 6.45) is 0. The maximum Gasteiger partial charge on any atom is 0.325 e. The van der Waals surface area contributed by atoms with Crippen LogP contribution in [0.1, 0.15) is 12.5 Å². The summed E-state index contributed by atoms with van der Waals surface area (Å²) in [6.45, 7) is 0.979. The van der Waals surface area contributed by atoms with E-state index in [9.17, 15) is 23.2 Å². The zero-order chi connectivity index (χ0) is 21.2. The van der Waals surface area contributed by atoms with Crippen LogP contribution in [-0.4, -0.2) is 35.0 Å². The molecule has 0 saturated carbocycles. The number of nitrogens with zero attached hydrogens (tertiary/aromatic N) is 1. The lowest BCUT2D eigenvalue weighted by Crippen LogP contribution is -2.42. The number of urea groups is 1. The van der Waals surface area contributed by atoms with Gasteiger partial charge in [0.25, 0.3) is 11.7 Å². The Morgan fingerprint density at radius 2 is 1.90 bits per heavy atom. The van der Waals surface area contributed by atoms with E-state index in [0.717, 1.165) is 4.90 Å². The molecule has 1 aliphatic heterocycles. The Labute approximate surface area is 174 Å². The highest BCUT2D eigenvalue weighted by molar-refractivity contribution is 7.99. The predicted molar refractivity (Wildman–Crippen MR) is 106 cm³/mol. The number of nitrogens with one attached hydrogen (secondary N) is 2. The van der Waals surface area contributed by atoms with Crippen LogP contribution in [0, 0.1) is 0 Å². The molecular weight excluding hydrogens is 424 g/mol. The summed E-state index contributed by atoms with van der Waals surface area (Å²) in [6, 6.07) is 12.2. The topological polar surface area (TPSA) is 78.5 Å². The van der Waals surface area contributed by atoms with Gasteiger partial charge in [0.05, 0.1) is 15.6 Å². The van der Waals surface area contributed by atoms with Crippen molar-refractivity contribution < 1.29 is 23.2 Å². The van der Waals surface area contributed by atoms with E-state index in [-0.39, 0.29) is 27.4 Å². The van der Waals surface area contributed by atoms with Crippen molar-refractivity contribution in [2.75, 3.05) is 11.9 Å². The molecule has 3 rings (SSSR count). The minimum Gasteiger partial charge on any atom is -0.323 e. The summed E-state index contributed by atoms with van der Waals surface area (Å²) in [4.78, 5) is 38.4. The molecule has 0 radical (unpaired) electrons. The van der Waals surface area contributed by atoms with Gasteiger partial charge in [-0.2, -0.15) is 8.78 Å². The Morgan fingerprint density at radius 3 is 2.55 bits per heavy atom. The molecule has 2 aromatic carbocycles. The quantitative estimate of drug-likeness (QED) is 0.525. The molecule has 2 N–H and O–H groups in total. The molecule has 0 bridgehead atoms. The standard InChI is InChI=1S/C19H16ClF2N3O3S/c1-19(11-6-3-2-4-7-11)16(27)25(18(28)24-19)10-14(26)23-13-9-5-8-12(20)15(13)29-17(21)22/h2-9,17H,10H2,1H3,(H,23,26)(H,24,28). The predicted octanol–water partition coefficient (Wildman–Crippen LogP) is 4.06. The van der Waals surface area contributed by atoms with Crippen molar-refractivity contribution >= 4 is 46.9 Å². The van der Waals surface area contributed by atoms with Gasteiger partial charge in [-0.05, 0) is 24.6 Å². The van der Waals surface area contributed by atoms with E-state index < -0.39 is 35.7 Å². The second-order valence-corrected chi connectivity index (χ2v) is 7.76. The van der Waals surface area contributed by atoms with Gasteiger partial charge in [0.15, 0.2) is 0 Å². The van der Waals surface area contributed by atoms with Crippen LogP contribution in [0.2, 0.25) is 5.02 Å². The van der Waals surface area contributed by atoms with Crippen LogP contribution in [0.25, 0.3) is 0 Å². The first-order valence-electron chi connectivity index (χ1n) is 8.45. The molecule has 1 fully saturated rings. The van der Waals surface area contributed by atoms with E-state index in [2.05, 4.69) is 10.6 Å². The van der Waals surface area contributed by atoms with Crippen molar-refractivity contribution in [1.82, 2.24) is 10.2 Å². The third-order valence-corrected chi connectivity index (χ3v) is 5.66. The highest BCUT2D eigenvalue weighted by Gasteiger charge is 2.49. The van der Waals surface area contributed by atoms with Gasteiger partial charge < -0.3 is 10.6 Å². The fourth-order valence-corrected chi connectivity index (χ4v) is 3.87. The largest absolute Gasteiger partial charge is 0.325 e. The lowest BCUT2D eigenvalue weighted by Gasteiger charge is -2.22. The van der Waals surface area contributed by atoms with Gasteiger partial charge in [-0.1, -0.05) is 59.8 Å². The Kier molecular flexibility index (Phi) is 6.09. The SMILES string of the molecule is CC1(c2ccccc2)NC(=O)N(CC(=O)Nc2cccc(Cl)c2SC(F)F)C1=O. The van der Waals surface area contributed by atoms with Crippen molar-refractivity contribution in [3.8, 4) is 0 Å². The lowest BCUT2D eigenvalue weighted by molar-refractivity contribution is -0.133. The molecule has 1 heterocycles. The van der Waals surface area contributed by atoms with E-state index in [1.165, 1.54) is 18.2 Å². The first-order valence-corrected chi connectivity index (χ1v) is 9.71. The van der Waals surface area contributed by atoms with Gasteiger partial charge >= 0.3 is 6.03 Å². The molecule has 0 aromatic heterocycles. The summed E-state index contributed by atoms with van der Waals surface area (Å²) in [5.41, 5.74) is -0.650. The number of hydrogen-bond donors (Lipinski definition) is 2. The number of hydrogen-bond acceptors (Lipinski definition) is 4. The molecule has 1 saturated heterocycles. The highest BCUT2D eigenvalue weighted by atomic mass is 35.5. The molecule has 4 amide bonds. The van der Waals surface area contributed by atoms with Crippen molar-refractivity contribution in [3.63, 3.8) is 0 Å². The van der Waals surface area contributed by atoms with Gasteiger partial charge in [-0.3, -0.25) is 14.5 Å². The molecular formula is C19H16ClF2N3O3S. The monoisotopic (exact) mass is 439 g/mol. The number of thioether (sulfide) groups is 1. The first-order chi connectivity index (χ1) is 13.7. The molecule has 6 nitrogen and oxygen atoms in total. The van der Waals surface area contributed by atoms with E-state index >= 15 is 0 Å². The number of rotatable bonds is 6. The van der Waals surface area contributed by atoms with Crippen molar-refractivity contribution in [1.29, 1.82) is 0 Å². The van der Waals surface area contributed by atoms with Crippen LogP contribution in [0.5, 0.6) is 0 Å². The highest BCUT2D eigenvalue weighted by Crippen LogP contribution is 2.37. The smallest absolute Gasteiger partial charge is 0.323 e. The van der Waals surface area contributed by atoms with Gasteiger partial charge in [-0.25, -0.2) is 4.79 Å². The summed E-state index contributed by atoms with van der Waals surface area (Å²) >= 11 is 6.14. The summed E-state index contributed by atoms with van der Waals surface area (Å²) < 4.78 is 25.6. The van der Waals surface area contributed by atoms with Crippen LogP contribution in [0.4, 0.5) is 19.3 Å². The van der Waals surface area contributed by atoms with E-state index in [1.807, 2.05) is 0 Å². The minimum absolute atomic E-state index is 0.00356. The Hall–Kier alpha value is -2.65. The maximum atomic E-state index is 12.8. The summed E-state index contributed by atoms with van der Waals surface area (Å²) in [5.74, 6) is -4.04. The number of halogens is 3. The first kappa shape index (κ1) is 21.1. The van der Waals surface area contributed by atoms with Gasteiger partial charge in [0.1, 0.15) is 12.1 Å². The molecule has 0 spiro atoms. The van der Waals surface area contributed by atoms with Crippen molar-refractivity contribution in [2.24, 2.45) is 0 Å². The van der Waals surface area contributed by atoms with Crippen LogP contribution in [0.3, 0.4) is 0 Å². The molecule has 0 aliphatic carbocycles. The second-order valence-electron chi connectivity index (χ2n) is 6.36. The zero-order valence-corrected chi connectivity index (χ0v) is 16.7. The Bertz CT molecular complexity index is 961. The maximum absolute atomic E-state index is 12.8. The molecule has 1 unspecified atom stereocenters. The van der Waals surface area contributed by atoms with Crippen LogP contribution < -0.4 is 10.6 Å². The van der Waals surface area contributed by atoms with Crippen molar-refractivity contribution in [2.45, 2.75) is 23.1 Å². The molecule has 2 aromatic rings. The fourth-order valence-electron chi connectivity index (χ4n) is 2.96. The van der Waals surface area contributed by atoms with Gasteiger partial charge in [-0.15, -0.1) is 0 Å². The number of carbonyl (C=O) groups excluding carboxylic acids is 3. The second kappa shape index (κ2) is 8.38. The number of anilines is 1. The molecule has 152 valence electrons. The van der Waals surface area contributed by atoms with Crippen LogP contribution >= 0.6 is 23.4 Å². The summed E-state index contributed by atoms with van der Waals surface area (Å²) in [5, 5.41) is 5.09. The van der Waals surface area contributed by atoms with E-state index in [4.69, 9.17) is 11.6 Å². The van der Waals surface area contributed by atoms with Crippen LogP contribution in [-0.2, 0) is 15.1 Å². The van der Waals surface area contributed by atoms with Crippen LogP contribution in [0.15, 0.2) is 53.4 Å². The van der Waals surface area contributed by atoms with Gasteiger partial charge in [0, 0.05) is 0 Å². The fraction of sp³-hybridized carbons (Fsp3) is 0.211. The average Bonchev–Trinajstić information content (AvgIpc) is 2.89. The number of imide groups is 1. The lowest BCUT2D eigenvalue weighted by atomic mass is 9.92. The van der Waals surface area contributed by atoms with E-state index in [1.54, 1.807) is 37.3 Å². The zero-order valence-electron chi connectivity index (χ0n) is 15.1. The third kappa shape index (κ3) is 4.35. The Balaban J connectivity index is 1.76. The van der Waals surface area contributed by atoms with Gasteiger partial charge in [0.2, 0.25) is 5.91 Å². The molecule has 29 heavy (non-hydrogen) atoms. The number of alkyl halides is 2. The minimum atomic E-state index is -2.73. The normalized spacial score (nSPS) is 18.9.